The van der Waals surface area contributed by atoms with E-state index in [9.17, 15) is 8.78 Å². The van der Waals surface area contributed by atoms with Crippen molar-refractivity contribution in [1.82, 2.24) is 4.90 Å². The smallest absolute Gasteiger partial charge is 0.263 e. The highest BCUT2D eigenvalue weighted by atomic mass is 19.3. The van der Waals surface area contributed by atoms with Crippen LogP contribution < -0.4 is 5.73 Å². The van der Waals surface area contributed by atoms with Gasteiger partial charge in [-0.15, -0.1) is 0 Å². The van der Waals surface area contributed by atoms with Crippen LogP contribution >= 0.6 is 0 Å². The molecule has 20 heavy (non-hydrogen) atoms. The molecule has 1 unspecified atom stereocenters. The van der Waals surface area contributed by atoms with Gasteiger partial charge in [0.2, 0.25) is 0 Å². The molecule has 2 N–H and O–H groups in total. The summed E-state index contributed by atoms with van der Waals surface area (Å²) in [5.41, 5.74) is 7.01. The summed E-state index contributed by atoms with van der Waals surface area (Å²) in [4.78, 5) is 2.46. The monoisotopic (exact) mass is 280 g/mol. The quantitative estimate of drug-likeness (QED) is 0.828. The van der Waals surface area contributed by atoms with Crippen LogP contribution in [0, 0.1) is 5.92 Å². The van der Waals surface area contributed by atoms with Gasteiger partial charge >= 0.3 is 0 Å². The molecule has 0 aliphatic heterocycles. The van der Waals surface area contributed by atoms with E-state index in [4.69, 9.17) is 5.73 Å². The van der Waals surface area contributed by atoms with Crippen LogP contribution in [0.4, 0.5) is 8.78 Å². The van der Waals surface area contributed by atoms with Gasteiger partial charge in [-0.2, -0.15) is 0 Å². The second kappa shape index (κ2) is 5.78. The summed E-state index contributed by atoms with van der Waals surface area (Å²) in [7, 11) is 0. The van der Waals surface area contributed by atoms with Crippen molar-refractivity contribution < 1.29 is 8.78 Å². The van der Waals surface area contributed by atoms with Crippen molar-refractivity contribution in [2.45, 2.75) is 44.2 Å². The number of nitrogens with zero attached hydrogens (tertiary/aromatic N) is 1. The van der Waals surface area contributed by atoms with Crippen LogP contribution in [0.1, 0.15) is 49.3 Å². The number of nitrogens with two attached hydrogens (primary N) is 1. The van der Waals surface area contributed by atoms with Crippen LogP contribution in [0.3, 0.4) is 0 Å². The Morgan fingerprint density at radius 1 is 1.15 bits per heavy atom. The average molecular weight is 280 g/mol. The molecule has 2 nitrogen and oxygen atoms in total. The lowest BCUT2D eigenvalue weighted by Crippen LogP contribution is -2.37. The largest absolute Gasteiger partial charge is 0.329 e. The SMILES string of the molecule is NCC(c1cccc(C(F)F)c1)N(CC1CC1)C1CC1. The Hall–Kier alpha value is -1.00. The number of halogens is 2. The summed E-state index contributed by atoms with van der Waals surface area (Å²) < 4.78 is 25.7. The first-order valence-corrected chi connectivity index (χ1v) is 7.53. The van der Waals surface area contributed by atoms with Gasteiger partial charge in [0.05, 0.1) is 0 Å². The summed E-state index contributed by atoms with van der Waals surface area (Å²) >= 11 is 0. The fourth-order valence-electron chi connectivity index (χ4n) is 2.90. The lowest BCUT2D eigenvalue weighted by atomic mass is 10.0. The Morgan fingerprint density at radius 3 is 2.40 bits per heavy atom. The third-order valence-electron chi connectivity index (χ3n) is 4.35. The summed E-state index contributed by atoms with van der Waals surface area (Å²) in [5.74, 6) is 0.794. The first-order chi connectivity index (χ1) is 9.69. The van der Waals surface area contributed by atoms with E-state index < -0.39 is 6.43 Å². The minimum absolute atomic E-state index is 0.0850. The first-order valence-electron chi connectivity index (χ1n) is 7.53. The van der Waals surface area contributed by atoms with Gasteiger partial charge < -0.3 is 5.73 Å². The van der Waals surface area contributed by atoms with Gasteiger partial charge in [0, 0.05) is 30.7 Å². The first kappa shape index (κ1) is 14.0. The minimum atomic E-state index is -2.41. The molecule has 0 bridgehead atoms. The molecule has 2 aliphatic rings. The van der Waals surface area contributed by atoms with Crippen molar-refractivity contribution in [3.63, 3.8) is 0 Å². The van der Waals surface area contributed by atoms with Gasteiger partial charge in [0.25, 0.3) is 6.43 Å². The number of alkyl halides is 2. The molecule has 0 radical (unpaired) electrons. The molecule has 0 saturated heterocycles. The molecule has 0 heterocycles. The van der Waals surface area contributed by atoms with Gasteiger partial charge in [0.1, 0.15) is 0 Å². The van der Waals surface area contributed by atoms with Crippen LogP contribution in [-0.2, 0) is 0 Å². The van der Waals surface area contributed by atoms with E-state index in [0.29, 0.717) is 12.6 Å². The Morgan fingerprint density at radius 2 is 1.85 bits per heavy atom. The van der Waals surface area contributed by atoms with Crippen LogP contribution in [-0.4, -0.2) is 24.0 Å². The standard InChI is InChI=1S/C16H22F2N2/c17-16(18)13-3-1-2-12(8-13)15(9-19)20(14-6-7-14)10-11-4-5-11/h1-3,8,11,14-16H,4-7,9-10,19H2. The van der Waals surface area contributed by atoms with Gasteiger partial charge in [0.15, 0.2) is 0 Å². The fraction of sp³-hybridized carbons (Fsp3) is 0.625. The lowest BCUT2D eigenvalue weighted by Gasteiger charge is -2.31. The Bertz CT molecular complexity index is 456. The van der Waals surface area contributed by atoms with Gasteiger partial charge in [-0.25, -0.2) is 8.78 Å². The molecule has 1 aromatic carbocycles. The van der Waals surface area contributed by atoms with E-state index in [2.05, 4.69) is 4.90 Å². The van der Waals surface area contributed by atoms with Crippen molar-refractivity contribution in [3.05, 3.63) is 35.4 Å². The molecule has 0 amide bonds. The molecule has 2 aliphatic carbocycles. The molecule has 1 atom stereocenters. The number of benzene rings is 1. The Labute approximate surface area is 118 Å². The molecule has 2 saturated carbocycles. The summed E-state index contributed by atoms with van der Waals surface area (Å²) in [6.45, 7) is 1.57. The average Bonchev–Trinajstić information content (AvgIpc) is 3.32. The molecule has 1 aromatic rings. The summed E-state index contributed by atoms with van der Waals surface area (Å²) in [6, 6.07) is 7.48. The summed E-state index contributed by atoms with van der Waals surface area (Å²) in [6.07, 6.45) is 2.64. The van der Waals surface area contributed by atoms with Gasteiger partial charge in [-0.05, 0) is 43.2 Å². The van der Waals surface area contributed by atoms with Crippen LogP contribution in [0.25, 0.3) is 0 Å². The fourth-order valence-corrected chi connectivity index (χ4v) is 2.90. The number of rotatable bonds is 7. The molecule has 3 rings (SSSR count). The highest BCUT2D eigenvalue weighted by Gasteiger charge is 2.37. The number of hydrogen-bond acceptors (Lipinski definition) is 2. The van der Waals surface area contributed by atoms with Crippen LogP contribution in [0.15, 0.2) is 24.3 Å². The molecule has 2 fully saturated rings. The van der Waals surface area contributed by atoms with Crippen molar-refractivity contribution in [2.24, 2.45) is 11.7 Å². The topological polar surface area (TPSA) is 29.3 Å². The Balaban J connectivity index is 1.81. The second-order valence-electron chi connectivity index (χ2n) is 6.09. The van der Waals surface area contributed by atoms with E-state index in [1.54, 1.807) is 12.1 Å². The maximum atomic E-state index is 12.9. The second-order valence-corrected chi connectivity index (χ2v) is 6.09. The highest BCUT2D eigenvalue weighted by Crippen LogP contribution is 2.39. The predicted octanol–water partition coefficient (Wildman–Crippen LogP) is 3.50. The number of hydrogen-bond donors (Lipinski definition) is 1. The van der Waals surface area contributed by atoms with Crippen molar-refractivity contribution in [3.8, 4) is 0 Å². The zero-order valence-corrected chi connectivity index (χ0v) is 11.6. The lowest BCUT2D eigenvalue weighted by molar-refractivity contribution is 0.150. The van der Waals surface area contributed by atoms with E-state index >= 15 is 0 Å². The van der Waals surface area contributed by atoms with E-state index in [-0.39, 0.29) is 11.6 Å². The zero-order chi connectivity index (χ0) is 14.1. The molecule has 0 spiro atoms. The van der Waals surface area contributed by atoms with Crippen molar-refractivity contribution in [2.75, 3.05) is 13.1 Å². The van der Waals surface area contributed by atoms with E-state index in [1.165, 1.54) is 31.7 Å². The molecule has 110 valence electrons. The third-order valence-corrected chi connectivity index (χ3v) is 4.35. The minimum Gasteiger partial charge on any atom is -0.329 e. The third kappa shape index (κ3) is 3.18. The van der Waals surface area contributed by atoms with Gasteiger partial charge in [-0.1, -0.05) is 18.2 Å². The van der Waals surface area contributed by atoms with E-state index in [0.717, 1.165) is 18.0 Å². The zero-order valence-electron chi connectivity index (χ0n) is 11.6. The van der Waals surface area contributed by atoms with E-state index in [1.807, 2.05) is 6.07 Å². The normalized spacial score (nSPS) is 20.6. The molecule has 4 heteroatoms. The highest BCUT2D eigenvalue weighted by molar-refractivity contribution is 5.27. The van der Waals surface area contributed by atoms with Crippen LogP contribution in [0.2, 0.25) is 0 Å². The Kier molecular flexibility index (Phi) is 4.03. The molecule has 0 aromatic heterocycles. The predicted molar refractivity (Wildman–Crippen MR) is 75.6 cm³/mol. The molecular weight excluding hydrogens is 258 g/mol. The van der Waals surface area contributed by atoms with Crippen LogP contribution in [0.5, 0.6) is 0 Å². The van der Waals surface area contributed by atoms with Gasteiger partial charge in [-0.3, -0.25) is 4.90 Å². The van der Waals surface area contributed by atoms with Crippen molar-refractivity contribution >= 4 is 0 Å². The van der Waals surface area contributed by atoms with Crippen molar-refractivity contribution in [1.29, 1.82) is 0 Å². The summed E-state index contributed by atoms with van der Waals surface area (Å²) in [5, 5.41) is 0. The maximum Gasteiger partial charge on any atom is 0.263 e. The maximum absolute atomic E-state index is 12.9. The molecular formula is C16H22F2N2.